The van der Waals surface area contributed by atoms with Gasteiger partial charge >= 0.3 is 5.97 Å². The van der Waals surface area contributed by atoms with Crippen molar-refractivity contribution in [2.24, 2.45) is 0 Å². The fraction of sp³-hybridized carbons (Fsp3) is 0.364. The van der Waals surface area contributed by atoms with E-state index in [0.29, 0.717) is 5.02 Å². The van der Waals surface area contributed by atoms with Gasteiger partial charge in [0.15, 0.2) is 0 Å². The molecular weight excluding hydrogens is 254 g/mol. The molecule has 1 aromatic rings. The molecule has 0 aliphatic rings. The Bertz CT molecular complexity index is 385. The van der Waals surface area contributed by atoms with Crippen molar-refractivity contribution in [1.29, 1.82) is 0 Å². The van der Waals surface area contributed by atoms with Crippen LogP contribution in [0.4, 0.5) is 8.78 Å². The fourth-order valence-electron chi connectivity index (χ4n) is 1.15. The molecule has 17 heavy (non-hydrogen) atoms. The molecule has 0 heterocycles. The highest BCUT2D eigenvalue weighted by molar-refractivity contribution is 6.31. The summed E-state index contributed by atoms with van der Waals surface area (Å²) in [6, 6.07) is 4.26. The third-order valence-corrected chi connectivity index (χ3v) is 2.04. The molecule has 0 aromatic heterocycles. The number of carbonyl (C=O) groups excluding carboxylic acids is 1. The summed E-state index contributed by atoms with van der Waals surface area (Å²) in [5.41, 5.74) is 0.0550. The smallest absolute Gasteiger partial charge is 0.342 e. The van der Waals surface area contributed by atoms with Gasteiger partial charge in [-0.2, -0.15) is 0 Å². The van der Waals surface area contributed by atoms with Crippen molar-refractivity contribution in [3.8, 4) is 5.75 Å². The normalized spacial score (nSPS) is 10.1. The summed E-state index contributed by atoms with van der Waals surface area (Å²) >= 11 is 5.72. The Morgan fingerprint density at radius 3 is 2.59 bits per heavy atom. The van der Waals surface area contributed by atoms with Gasteiger partial charge in [-0.15, -0.1) is 0 Å². The van der Waals surface area contributed by atoms with E-state index in [1.54, 1.807) is 0 Å². The van der Waals surface area contributed by atoms with Gasteiger partial charge in [0.05, 0.1) is 0 Å². The topological polar surface area (TPSA) is 35.5 Å². The van der Waals surface area contributed by atoms with Gasteiger partial charge in [-0.1, -0.05) is 11.6 Å². The zero-order chi connectivity index (χ0) is 12.7. The molecule has 94 valence electrons. The first-order valence-electron chi connectivity index (χ1n) is 4.90. The van der Waals surface area contributed by atoms with Crippen LogP contribution in [0.5, 0.6) is 5.75 Å². The van der Waals surface area contributed by atoms with Crippen LogP contribution < -0.4 is 4.74 Å². The molecule has 0 atom stereocenters. The molecule has 0 spiro atoms. The van der Waals surface area contributed by atoms with Gasteiger partial charge in [-0.25, -0.2) is 13.6 Å². The molecular formula is C11H11ClF2O3. The number of hydrogen-bond acceptors (Lipinski definition) is 3. The van der Waals surface area contributed by atoms with Crippen LogP contribution in [0.2, 0.25) is 5.02 Å². The van der Waals surface area contributed by atoms with Crippen LogP contribution in [0.1, 0.15) is 10.4 Å². The van der Waals surface area contributed by atoms with E-state index in [4.69, 9.17) is 16.3 Å². The van der Waals surface area contributed by atoms with Gasteiger partial charge in [0, 0.05) is 5.02 Å². The lowest BCUT2D eigenvalue weighted by Gasteiger charge is -2.10. The van der Waals surface area contributed by atoms with Gasteiger partial charge in [-0.3, -0.25) is 0 Å². The summed E-state index contributed by atoms with van der Waals surface area (Å²) in [6.07, 6.45) is 0. The first kappa shape index (κ1) is 13.7. The average Bonchev–Trinajstić information content (AvgIpc) is 2.34. The Labute approximate surface area is 102 Å². The lowest BCUT2D eigenvalue weighted by atomic mass is 10.2. The van der Waals surface area contributed by atoms with Crippen molar-refractivity contribution >= 4 is 17.6 Å². The van der Waals surface area contributed by atoms with Crippen molar-refractivity contribution in [2.45, 2.75) is 0 Å². The molecule has 0 unspecified atom stereocenters. The number of ether oxygens (including phenoxy) is 2. The number of benzene rings is 1. The SMILES string of the molecule is O=C(OCCF)c1cc(Cl)ccc1OCCF. The van der Waals surface area contributed by atoms with Crippen molar-refractivity contribution in [3.63, 3.8) is 0 Å². The minimum absolute atomic E-state index is 0.0550. The van der Waals surface area contributed by atoms with E-state index < -0.39 is 19.3 Å². The van der Waals surface area contributed by atoms with E-state index >= 15 is 0 Å². The van der Waals surface area contributed by atoms with Crippen molar-refractivity contribution < 1.29 is 23.0 Å². The summed E-state index contributed by atoms with van der Waals surface area (Å²) < 4.78 is 33.5. The van der Waals surface area contributed by atoms with Crippen molar-refractivity contribution in [2.75, 3.05) is 26.6 Å². The molecule has 0 aliphatic carbocycles. The van der Waals surface area contributed by atoms with Gasteiger partial charge in [-0.05, 0) is 18.2 Å². The molecule has 0 amide bonds. The summed E-state index contributed by atoms with van der Waals surface area (Å²) in [5.74, 6) is -0.588. The minimum Gasteiger partial charge on any atom is -0.490 e. The molecule has 6 heteroatoms. The molecule has 1 aromatic carbocycles. The summed E-state index contributed by atoms with van der Waals surface area (Å²) in [6.45, 7) is -1.96. The number of alkyl halides is 2. The largest absolute Gasteiger partial charge is 0.490 e. The van der Waals surface area contributed by atoms with Crippen LogP contribution in [-0.4, -0.2) is 32.5 Å². The average molecular weight is 265 g/mol. The lowest BCUT2D eigenvalue weighted by Crippen LogP contribution is -2.10. The predicted octanol–water partition coefficient (Wildman–Crippen LogP) is 2.81. The molecule has 1 rings (SSSR count). The Morgan fingerprint density at radius 2 is 1.94 bits per heavy atom. The third kappa shape index (κ3) is 4.19. The summed E-state index contributed by atoms with van der Waals surface area (Å²) in [4.78, 5) is 11.5. The van der Waals surface area contributed by atoms with Crippen LogP contribution in [0.15, 0.2) is 18.2 Å². The minimum atomic E-state index is -0.771. The van der Waals surface area contributed by atoms with Gasteiger partial charge < -0.3 is 9.47 Å². The molecule has 0 saturated heterocycles. The molecule has 0 aliphatic heterocycles. The Balaban J connectivity index is 2.85. The first-order chi connectivity index (χ1) is 8.19. The first-order valence-corrected chi connectivity index (χ1v) is 5.28. The number of esters is 1. The summed E-state index contributed by atoms with van der Waals surface area (Å²) in [7, 11) is 0. The predicted molar refractivity (Wildman–Crippen MR) is 59.2 cm³/mol. The van der Waals surface area contributed by atoms with E-state index in [0.717, 1.165) is 0 Å². The van der Waals surface area contributed by atoms with Gasteiger partial charge in [0.1, 0.15) is 37.9 Å². The highest BCUT2D eigenvalue weighted by atomic mass is 35.5. The second kappa shape index (κ2) is 7.06. The van der Waals surface area contributed by atoms with Gasteiger partial charge in [0.25, 0.3) is 0 Å². The maximum atomic E-state index is 12.0. The van der Waals surface area contributed by atoms with Crippen LogP contribution in [-0.2, 0) is 4.74 Å². The van der Waals surface area contributed by atoms with Crippen LogP contribution in [0, 0.1) is 0 Å². The highest BCUT2D eigenvalue weighted by Crippen LogP contribution is 2.23. The third-order valence-electron chi connectivity index (χ3n) is 1.81. The van der Waals surface area contributed by atoms with Crippen LogP contribution in [0.3, 0.4) is 0 Å². The molecule has 0 radical (unpaired) electrons. The van der Waals surface area contributed by atoms with E-state index in [9.17, 15) is 13.6 Å². The molecule has 3 nitrogen and oxygen atoms in total. The second-order valence-electron chi connectivity index (χ2n) is 3.00. The quantitative estimate of drug-likeness (QED) is 0.741. The Hall–Kier alpha value is -1.36. The maximum absolute atomic E-state index is 12.0. The van der Waals surface area contributed by atoms with Crippen LogP contribution >= 0.6 is 11.6 Å². The van der Waals surface area contributed by atoms with Crippen molar-refractivity contribution in [1.82, 2.24) is 0 Å². The monoisotopic (exact) mass is 264 g/mol. The Morgan fingerprint density at radius 1 is 1.24 bits per heavy atom. The molecule has 0 bridgehead atoms. The zero-order valence-corrected chi connectivity index (χ0v) is 9.68. The van der Waals surface area contributed by atoms with E-state index in [-0.39, 0.29) is 24.5 Å². The standard InChI is InChI=1S/C11H11ClF2O3/c12-8-1-2-10(16-5-3-13)9(7-8)11(15)17-6-4-14/h1-2,7H,3-6H2. The molecule has 0 fully saturated rings. The highest BCUT2D eigenvalue weighted by Gasteiger charge is 2.14. The lowest BCUT2D eigenvalue weighted by molar-refractivity contribution is 0.0476. The van der Waals surface area contributed by atoms with Crippen LogP contribution in [0.25, 0.3) is 0 Å². The van der Waals surface area contributed by atoms with E-state index in [1.165, 1.54) is 18.2 Å². The number of hydrogen-bond donors (Lipinski definition) is 0. The zero-order valence-electron chi connectivity index (χ0n) is 8.92. The van der Waals surface area contributed by atoms with E-state index in [2.05, 4.69) is 4.74 Å². The Kier molecular flexibility index (Phi) is 5.69. The number of carbonyl (C=O) groups is 1. The van der Waals surface area contributed by atoms with Gasteiger partial charge in [0.2, 0.25) is 0 Å². The summed E-state index contributed by atoms with van der Waals surface area (Å²) in [5, 5.41) is 0.310. The van der Waals surface area contributed by atoms with E-state index in [1.807, 2.05) is 0 Å². The molecule has 0 saturated carbocycles. The second-order valence-corrected chi connectivity index (χ2v) is 3.44. The van der Waals surface area contributed by atoms with Crippen molar-refractivity contribution in [3.05, 3.63) is 28.8 Å². The maximum Gasteiger partial charge on any atom is 0.342 e. The number of halogens is 3. The number of rotatable bonds is 6. The molecule has 0 N–H and O–H groups in total. The fourth-order valence-corrected chi connectivity index (χ4v) is 1.32.